The largest absolute Gasteiger partial charge is 0.419 e. The fraction of sp³-hybridized carbons (Fsp3) is 0.400. The molecule has 0 saturated heterocycles. The van der Waals surface area contributed by atoms with Crippen LogP contribution in [0.5, 0.6) is 0 Å². The van der Waals surface area contributed by atoms with E-state index < -0.39 is 17.6 Å². The predicted octanol–water partition coefficient (Wildman–Crippen LogP) is 4.56. The van der Waals surface area contributed by atoms with E-state index in [2.05, 4.69) is 13.2 Å². The zero-order valence-corrected chi connectivity index (χ0v) is 8.50. The molecule has 0 amide bonds. The molecule has 0 aromatic rings. The van der Waals surface area contributed by atoms with Gasteiger partial charge < -0.3 is 0 Å². The number of hydrogen-bond acceptors (Lipinski definition) is 0. The van der Waals surface area contributed by atoms with E-state index in [-0.39, 0.29) is 5.57 Å². The first kappa shape index (κ1) is 15.4. The average Bonchev–Trinajstić information content (AvgIpc) is 2.06. The zero-order chi connectivity index (χ0) is 11.9. The van der Waals surface area contributed by atoms with Crippen molar-refractivity contribution in [2.75, 3.05) is 0 Å². The van der Waals surface area contributed by atoms with Gasteiger partial charge in [0.25, 0.3) is 0 Å². The Morgan fingerprint density at radius 3 is 1.64 bits per heavy atom. The lowest BCUT2D eigenvalue weighted by atomic mass is 10.1. The van der Waals surface area contributed by atoms with Crippen molar-refractivity contribution in [2.24, 2.45) is 0 Å². The van der Waals surface area contributed by atoms with Gasteiger partial charge in [0.15, 0.2) is 0 Å². The Hall–Kier alpha value is -1.06. The second kappa shape index (κ2) is 6.40. The standard InChI is InChI=1S/C8H8F4.C2H6/c1-4-6(8(10,11)12)7(9)5(2)3;1-2/h4H,1-2H2,3H3;1-2H3/b7-6-;. The van der Waals surface area contributed by atoms with Gasteiger partial charge in [-0.05, 0) is 12.5 Å². The average molecular weight is 210 g/mol. The summed E-state index contributed by atoms with van der Waals surface area (Å²) in [5.74, 6) is -1.36. The van der Waals surface area contributed by atoms with Crippen molar-refractivity contribution in [3.63, 3.8) is 0 Å². The fourth-order valence-electron chi connectivity index (χ4n) is 0.560. The molecule has 0 fully saturated rings. The van der Waals surface area contributed by atoms with Crippen LogP contribution in [0.15, 0.2) is 36.2 Å². The smallest absolute Gasteiger partial charge is 0.206 e. The third-order valence-corrected chi connectivity index (χ3v) is 1.12. The topological polar surface area (TPSA) is 0 Å². The lowest BCUT2D eigenvalue weighted by Crippen LogP contribution is -2.11. The van der Waals surface area contributed by atoms with Crippen LogP contribution in [0.25, 0.3) is 0 Å². The van der Waals surface area contributed by atoms with Crippen LogP contribution in [0.2, 0.25) is 0 Å². The molecule has 0 saturated carbocycles. The van der Waals surface area contributed by atoms with Crippen LogP contribution in [0.4, 0.5) is 17.6 Å². The van der Waals surface area contributed by atoms with E-state index in [1.54, 1.807) is 0 Å². The molecule has 0 unspecified atom stereocenters. The Morgan fingerprint density at radius 2 is 1.57 bits per heavy atom. The third kappa shape index (κ3) is 4.84. The van der Waals surface area contributed by atoms with Crippen LogP contribution in [0.1, 0.15) is 20.8 Å². The van der Waals surface area contributed by atoms with Crippen molar-refractivity contribution in [1.29, 1.82) is 0 Å². The van der Waals surface area contributed by atoms with Gasteiger partial charge in [0.2, 0.25) is 0 Å². The van der Waals surface area contributed by atoms with Crippen molar-refractivity contribution in [1.82, 2.24) is 0 Å². The monoisotopic (exact) mass is 210 g/mol. The summed E-state index contributed by atoms with van der Waals surface area (Å²) < 4.78 is 48.4. The van der Waals surface area contributed by atoms with Gasteiger partial charge in [0, 0.05) is 0 Å². The van der Waals surface area contributed by atoms with Crippen LogP contribution in [0.3, 0.4) is 0 Å². The molecule has 0 N–H and O–H groups in total. The Morgan fingerprint density at radius 1 is 1.21 bits per heavy atom. The predicted molar refractivity (Wildman–Crippen MR) is 50.5 cm³/mol. The van der Waals surface area contributed by atoms with E-state index in [0.717, 1.165) is 6.92 Å². The molecule has 0 aliphatic heterocycles. The minimum absolute atomic E-state index is 0.262. The molecule has 82 valence electrons. The molecule has 0 aromatic heterocycles. The quantitative estimate of drug-likeness (QED) is 0.463. The SMILES string of the molecule is C=C/C(=C(/F)C(=C)C)C(F)(F)F.CC. The zero-order valence-electron chi connectivity index (χ0n) is 8.50. The lowest BCUT2D eigenvalue weighted by molar-refractivity contribution is -0.0897. The molecular formula is C10H14F4. The van der Waals surface area contributed by atoms with Gasteiger partial charge in [0.05, 0.1) is 5.57 Å². The Kier molecular flexibility index (Phi) is 7.05. The molecule has 0 spiro atoms. The fourth-order valence-corrected chi connectivity index (χ4v) is 0.560. The molecule has 0 rings (SSSR count). The van der Waals surface area contributed by atoms with Crippen LogP contribution >= 0.6 is 0 Å². The van der Waals surface area contributed by atoms with E-state index in [1.807, 2.05) is 13.8 Å². The highest BCUT2D eigenvalue weighted by atomic mass is 19.4. The molecule has 0 bridgehead atoms. The summed E-state index contributed by atoms with van der Waals surface area (Å²) in [6, 6.07) is 0. The second-order valence-corrected chi connectivity index (χ2v) is 2.21. The first-order valence-electron chi connectivity index (χ1n) is 4.06. The number of halogens is 4. The summed E-state index contributed by atoms with van der Waals surface area (Å²) in [6.07, 6.45) is -4.27. The highest BCUT2D eigenvalue weighted by Crippen LogP contribution is 2.31. The molecule has 0 radical (unpaired) electrons. The van der Waals surface area contributed by atoms with Gasteiger partial charge in [0.1, 0.15) is 5.83 Å². The molecule has 0 aliphatic rings. The highest BCUT2D eigenvalue weighted by Gasteiger charge is 2.34. The van der Waals surface area contributed by atoms with Gasteiger partial charge in [-0.3, -0.25) is 0 Å². The van der Waals surface area contributed by atoms with E-state index in [0.29, 0.717) is 6.08 Å². The van der Waals surface area contributed by atoms with Crippen LogP contribution in [-0.4, -0.2) is 6.18 Å². The van der Waals surface area contributed by atoms with Crippen molar-refractivity contribution in [3.05, 3.63) is 36.2 Å². The first-order chi connectivity index (χ1) is 6.30. The number of allylic oxidation sites excluding steroid dienone is 4. The van der Waals surface area contributed by atoms with Crippen molar-refractivity contribution < 1.29 is 17.6 Å². The van der Waals surface area contributed by atoms with Crippen LogP contribution in [0, 0.1) is 0 Å². The van der Waals surface area contributed by atoms with Crippen molar-refractivity contribution in [3.8, 4) is 0 Å². The van der Waals surface area contributed by atoms with Crippen LogP contribution < -0.4 is 0 Å². The van der Waals surface area contributed by atoms with Gasteiger partial charge in [-0.2, -0.15) is 13.2 Å². The summed E-state index contributed by atoms with van der Waals surface area (Å²) in [5.41, 5.74) is -1.64. The van der Waals surface area contributed by atoms with Gasteiger partial charge in [-0.25, -0.2) is 4.39 Å². The molecule has 14 heavy (non-hydrogen) atoms. The Bertz CT molecular complexity index is 233. The minimum atomic E-state index is -4.70. The minimum Gasteiger partial charge on any atom is -0.206 e. The van der Waals surface area contributed by atoms with Gasteiger partial charge in [-0.15, -0.1) is 0 Å². The second-order valence-electron chi connectivity index (χ2n) is 2.21. The third-order valence-electron chi connectivity index (χ3n) is 1.12. The summed E-state index contributed by atoms with van der Waals surface area (Å²) in [5, 5.41) is 0. The Balaban J connectivity index is 0. The number of alkyl halides is 3. The van der Waals surface area contributed by atoms with Crippen molar-refractivity contribution >= 4 is 0 Å². The molecule has 0 heterocycles. The first-order valence-corrected chi connectivity index (χ1v) is 4.06. The van der Waals surface area contributed by atoms with E-state index in [1.165, 1.54) is 0 Å². The number of hydrogen-bond donors (Lipinski definition) is 0. The summed E-state index contributed by atoms with van der Waals surface area (Å²) in [4.78, 5) is 0. The highest BCUT2D eigenvalue weighted by molar-refractivity contribution is 5.35. The van der Waals surface area contributed by atoms with E-state index in [9.17, 15) is 17.6 Å². The maximum Gasteiger partial charge on any atom is 0.419 e. The lowest BCUT2D eigenvalue weighted by Gasteiger charge is -2.08. The molecule has 0 nitrogen and oxygen atoms in total. The summed E-state index contributed by atoms with van der Waals surface area (Å²) in [6.45, 7) is 11.1. The number of rotatable bonds is 2. The maximum atomic E-state index is 12.7. The van der Waals surface area contributed by atoms with E-state index in [4.69, 9.17) is 0 Å². The molecule has 0 atom stereocenters. The summed E-state index contributed by atoms with van der Waals surface area (Å²) in [7, 11) is 0. The van der Waals surface area contributed by atoms with E-state index >= 15 is 0 Å². The van der Waals surface area contributed by atoms with Gasteiger partial charge in [-0.1, -0.05) is 33.1 Å². The van der Waals surface area contributed by atoms with Gasteiger partial charge >= 0.3 is 6.18 Å². The maximum absolute atomic E-state index is 12.7. The van der Waals surface area contributed by atoms with Crippen molar-refractivity contribution in [2.45, 2.75) is 26.9 Å². The van der Waals surface area contributed by atoms with Crippen LogP contribution in [-0.2, 0) is 0 Å². The summed E-state index contributed by atoms with van der Waals surface area (Å²) >= 11 is 0. The molecule has 4 heteroatoms. The normalized spacial score (nSPS) is 12.2. The Labute approximate surface area is 81.6 Å². The molecular weight excluding hydrogens is 196 g/mol. The molecule has 0 aliphatic carbocycles. The molecule has 0 aromatic carbocycles.